The van der Waals surface area contributed by atoms with Gasteiger partial charge in [-0.2, -0.15) is 0 Å². The van der Waals surface area contributed by atoms with Gasteiger partial charge < -0.3 is 9.16 Å². The van der Waals surface area contributed by atoms with Crippen LogP contribution in [0, 0.1) is 5.82 Å². The van der Waals surface area contributed by atoms with Crippen LogP contribution in [0.15, 0.2) is 18.2 Å². The van der Waals surface area contributed by atoms with E-state index in [0.29, 0.717) is 18.5 Å². The first-order chi connectivity index (χ1) is 9.17. The third-order valence-electron chi connectivity index (χ3n) is 3.70. The predicted octanol–water partition coefficient (Wildman–Crippen LogP) is 4.04. The zero-order valence-electron chi connectivity index (χ0n) is 12.8. The summed E-state index contributed by atoms with van der Waals surface area (Å²) < 4.78 is 24.8. The molecular weight excluding hydrogens is 275 g/mol. The fraction of sp³-hybridized carbons (Fsp3) is 0.533. The summed E-state index contributed by atoms with van der Waals surface area (Å²) in [5.74, 6) is -0.378. The third kappa shape index (κ3) is 4.42. The Bertz CT molecular complexity index is 467. The molecule has 1 rings (SSSR count). The standard InChI is InChI=1S/C15H23FO3Si/c1-15(2,3)20(4,5)19-9-8-18-14-10-12(11-17)6-7-13(14)16/h6-7,10-11H,8-9H2,1-5H3. The maximum atomic E-state index is 13.5. The molecule has 0 fully saturated rings. The van der Waals surface area contributed by atoms with Gasteiger partial charge in [0.05, 0.1) is 6.61 Å². The van der Waals surface area contributed by atoms with Gasteiger partial charge in [-0.3, -0.25) is 4.79 Å². The van der Waals surface area contributed by atoms with Gasteiger partial charge in [0.15, 0.2) is 19.9 Å². The van der Waals surface area contributed by atoms with E-state index in [1.54, 1.807) is 0 Å². The molecule has 0 aliphatic heterocycles. The van der Waals surface area contributed by atoms with Crippen molar-refractivity contribution in [2.24, 2.45) is 0 Å². The van der Waals surface area contributed by atoms with Crippen molar-refractivity contribution in [3.8, 4) is 5.75 Å². The number of benzene rings is 1. The lowest BCUT2D eigenvalue weighted by atomic mass is 10.2. The number of hydrogen-bond acceptors (Lipinski definition) is 3. The number of hydrogen-bond donors (Lipinski definition) is 0. The lowest BCUT2D eigenvalue weighted by molar-refractivity contribution is 0.112. The van der Waals surface area contributed by atoms with Crippen LogP contribution in [0.3, 0.4) is 0 Å². The van der Waals surface area contributed by atoms with Crippen molar-refractivity contribution in [2.45, 2.75) is 38.9 Å². The van der Waals surface area contributed by atoms with Crippen LogP contribution in [0.25, 0.3) is 0 Å². The molecule has 3 nitrogen and oxygen atoms in total. The van der Waals surface area contributed by atoms with Gasteiger partial charge in [0, 0.05) is 5.56 Å². The van der Waals surface area contributed by atoms with Crippen LogP contribution in [0.5, 0.6) is 5.75 Å². The van der Waals surface area contributed by atoms with Gasteiger partial charge in [0.1, 0.15) is 12.9 Å². The highest BCUT2D eigenvalue weighted by atomic mass is 28.4. The summed E-state index contributed by atoms with van der Waals surface area (Å²) in [5.41, 5.74) is 0.395. The van der Waals surface area contributed by atoms with E-state index < -0.39 is 14.1 Å². The summed E-state index contributed by atoms with van der Waals surface area (Å²) in [4.78, 5) is 10.6. The Kier molecular flexibility index (Phi) is 5.47. The summed E-state index contributed by atoms with van der Waals surface area (Å²) in [6.07, 6.45) is 0.665. The smallest absolute Gasteiger partial charge is 0.192 e. The van der Waals surface area contributed by atoms with Gasteiger partial charge in [-0.15, -0.1) is 0 Å². The summed E-state index contributed by atoms with van der Waals surface area (Å²) in [6, 6.07) is 4.05. The molecule has 0 unspecified atom stereocenters. The van der Waals surface area contributed by atoms with E-state index in [4.69, 9.17) is 9.16 Å². The number of halogens is 1. The van der Waals surface area contributed by atoms with Gasteiger partial charge in [-0.05, 0) is 36.3 Å². The van der Waals surface area contributed by atoms with Crippen LogP contribution in [0.2, 0.25) is 18.1 Å². The summed E-state index contributed by atoms with van der Waals surface area (Å²) >= 11 is 0. The lowest BCUT2D eigenvalue weighted by Gasteiger charge is -2.36. The lowest BCUT2D eigenvalue weighted by Crippen LogP contribution is -2.41. The van der Waals surface area contributed by atoms with Gasteiger partial charge in [-0.1, -0.05) is 20.8 Å². The van der Waals surface area contributed by atoms with E-state index >= 15 is 0 Å². The average Bonchev–Trinajstić information content (AvgIpc) is 2.35. The van der Waals surface area contributed by atoms with Crippen molar-refractivity contribution in [3.05, 3.63) is 29.6 Å². The molecule has 0 aliphatic carbocycles. The van der Waals surface area contributed by atoms with Crippen LogP contribution in [-0.4, -0.2) is 27.8 Å². The molecule has 1 aromatic rings. The number of rotatable bonds is 6. The van der Waals surface area contributed by atoms with Crippen LogP contribution >= 0.6 is 0 Å². The number of carbonyl (C=O) groups is 1. The molecule has 0 radical (unpaired) electrons. The molecule has 0 N–H and O–H groups in total. The molecule has 0 heterocycles. The van der Waals surface area contributed by atoms with Crippen molar-refractivity contribution in [1.82, 2.24) is 0 Å². The summed E-state index contributed by atoms with van der Waals surface area (Å²) in [7, 11) is -1.80. The van der Waals surface area contributed by atoms with E-state index in [1.807, 2.05) is 0 Å². The Hall–Kier alpha value is -1.20. The van der Waals surface area contributed by atoms with Crippen LogP contribution in [-0.2, 0) is 4.43 Å². The fourth-order valence-electron chi connectivity index (χ4n) is 1.37. The molecule has 0 saturated carbocycles. The minimum atomic E-state index is -1.80. The van der Waals surface area contributed by atoms with E-state index in [2.05, 4.69) is 33.9 Å². The van der Waals surface area contributed by atoms with E-state index in [9.17, 15) is 9.18 Å². The monoisotopic (exact) mass is 298 g/mol. The van der Waals surface area contributed by atoms with Gasteiger partial charge in [0.25, 0.3) is 0 Å². The Morgan fingerprint density at radius 1 is 1.25 bits per heavy atom. The highest BCUT2D eigenvalue weighted by Gasteiger charge is 2.36. The molecule has 0 amide bonds. The zero-order chi connectivity index (χ0) is 15.4. The van der Waals surface area contributed by atoms with Gasteiger partial charge in [0.2, 0.25) is 0 Å². The second kappa shape index (κ2) is 6.50. The van der Waals surface area contributed by atoms with Crippen LogP contribution in [0.4, 0.5) is 4.39 Å². The molecule has 5 heteroatoms. The van der Waals surface area contributed by atoms with Crippen molar-refractivity contribution in [3.63, 3.8) is 0 Å². The highest BCUT2D eigenvalue weighted by molar-refractivity contribution is 6.74. The highest BCUT2D eigenvalue weighted by Crippen LogP contribution is 2.36. The number of aldehydes is 1. The van der Waals surface area contributed by atoms with Crippen LogP contribution in [0.1, 0.15) is 31.1 Å². The summed E-state index contributed by atoms with van der Waals surface area (Å²) in [6.45, 7) is 11.5. The fourth-order valence-corrected chi connectivity index (χ4v) is 2.40. The molecule has 0 spiro atoms. The second-order valence-electron chi connectivity index (χ2n) is 6.26. The predicted molar refractivity (Wildman–Crippen MR) is 80.4 cm³/mol. The van der Waals surface area contributed by atoms with Gasteiger partial charge in [-0.25, -0.2) is 4.39 Å². The minimum absolute atomic E-state index is 0.0911. The largest absolute Gasteiger partial charge is 0.488 e. The second-order valence-corrected chi connectivity index (χ2v) is 11.1. The number of carbonyl (C=O) groups excluding carboxylic acids is 1. The zero-order valence-corrected chi connectivity index (χ0v) is 13.8. The Morgan fingerprint density at radius 2 is 1.90 bits per heavy atom. The molecule has 0 aliphatic rings. The quantitative estimate of drug-likeness (QED) is 0.452. The maximum Gasteiger partial charge on any atom is 0.192 e. The van der Waals surface area contributed by atoms with Crippen molar-refractivity contribution >= 4 is 14.6 Å². The molecule has 0 aromatic heterocycles. The first kappa shape index (κ1) is 16.9. The molecule has 112 valence electrons. The summed E-state index contributed by atoms with van der Waals surface area (Å²) in [5, 5.41) is 0.135. The van der Waals surface area contributed by atoms with Crippen molar-refractivity contribution < 1.29 is 18.3 Å². The maximum absolute atomic E-state index is 13.5. The molecule has 0 atom stereocenters. The minimum Gasteiger partial charge on any atom is -0.488 e. The average molecular weight is 298 g/mol. The van der Waals surface area contributed by atoms with E-state index in [-0.39, 0.29) is 17.4 Å². The first-order valence-electron chi connectivity index (χ1n) is 6.69. The SMILES string of the molecule is CC(C)(C)[Si](C)(C)OCCOc1cc(C=O)ccc1F. The number of ether oxygens (including phenoxy) is 1. The van der Waals surface area contributed by atoms with Crippen LogP contribution < -0.4 is 4.74 Å². The molecule has 0 bridgehead atoms. The van der Waals surface area contributed by atoms with Crippen molar-refractivity contribution in [1.29, 1.82) is 0 Å². The molecule has 0 saturated heterocycles. The Morgan fingerprint density at radius 3 is 2.45 bits per heavy atom. The topological polar surface area (TPSA) is 35.5 Å². The Labute approximate surface area is 121 Å². The molecule has 20 heavy (non-hydrogen) atoms. The van der Waals surface area contributed by atoms with Crippen molar-refractivity contribution in [2.75, 3.05) is 13.2 Å². The first-order valence-corrected chi connectivity index (χ1v) is 9.60. The van der Waals surface area contributed by atoms with E-state index in [0.717, 1.165) is 0 Å². The Balaban J connectivity index is 2.51. The molecular formula is C15H23FO3Si. The van der Waals surface area contributed by atoms with Gasteiger partial charge >= 0.3 is 0 Å². The normalized spacial score (nSPS) is 12.3. The third-order valence-corrected chi connectivity index (χ3v) is 8.24. The van der Waals surface area contributed by atoms with E-state index in [1.165, 1.54) is 18.2 Å². The molecule has 1 aromatic carbocycles.